The number of hydrogen-bond acceptors (Lipinski definition) is 5. The summed E-state index contributed by atoms with van der Waals surface area (Å²) >= 11 is 5.39. The number of halogens is 1. The summed E-state index contributed by atoms with van der Waals surface area (Å²) in [5.41, 5.74) is 6.00. The zero-order valence-electron chi connectivity index (χ0n) is 11.3. The maximum atomic E-state index is 11.7. The number of nitrogens with one attached hydrogen (secondary N) is 1. The second-order valence-corrected chi connectivity index (χ2v) is 4.66. The molecule has 7 heteroatoms. The lowest BCUT2D eigenvalue weighted by Crippen LogP contribution is -2.12. The third-order valence-electron chi connectivity index (χ3n) is 3.05. The number of rotatable bonds is 3. The number of amides is 1. The molecule has 0 aliphatic rings. The molecule has 3 rings (SSSR count). The van der Waals surface area contributed by atoms with Gasteiger partial charge < -0.3 is 10.5 Å². The third-order valence-corrected chi connectivity index (χ3v) is 3.23. The molecule has 1 heterocycles. The summed E-state index contributed by atoms with van der Waals surface area (Å²) in [6, 6.07) is 12.3. The van der Waals surface area contributed by atoms with Crippen molar-refractivity contribution >= 4 is 34.4 Å². The molecular formula is C15H11ClN4O2. The minimum atomic E-state index is -0.357. The van der Waals surface area contributed by atoms with Crippen LogP contribution in [0, 0.1) is 0 Å². The van der Waals surface area contributed by atoms with Crippen molar-refractivity contribution in [2.45, 2.75) is 0 Å². The molecular weight excluding hydrogens is 304 g/mol. The van der Waals surface area contributed by atoms with Gasteiger partial charge in [-0.25, -0.2) is 4.98 Å². The first-order valence-electron chi connectivity index (χ1n) is 6.37. The Morgan fingerprint density at radius 1 is 1.23 bits per heavy atom. The smallest absolute Gasteiger partial charge is 0.266 e. The molecule has 3 N–H and O–H groups in total. The van der Waals surface area contributed by atoms with Crippen LogP contribution in [0.2, 0.25) is 0 Å². The molecule has 0 fully saturated rings. The van der Waals surface area contributed by atoms with Gasteiger partial charge in [0.15, 0.2) is 0 Å². The predicted octanol–water partition coefficient (Wildman–Crippen LogP) is 2.89. The Balaban J connectivity index is 1.98. The molecule has 0 saturated heterocycles. The number of fused-ring (bicyclic) bond motifs is 1. The van der Waals surface area contributed by atoms with Gasteiger partial charge in [-0.2, -0.15) is 4.98 Å². The number of anilines is 1. The van der Waals surface area contributed by atoms with E-state index in [9.17, 15) is 4.79 Å². The van der Waals surface area contributed by atoms with E-state index in [0.29, 0.717) is 17.2 Å². The van der Waals surface area contributed by atoms with Crippen LogP contribution in [-0.4, -0.2) is 15.9 Å². The average molecular weight is 315 g/mol. The van der Waals surface area contributed by atoms with E-state index in [0.717, 1.165) is 10.8 Å². The molecule has 0 aliphatic heterocycles. The molecule has 1 amide bonds. The van der Waals surface area contributed by atoms with E-state index in [1.165, 1.54) is 6.20 Å². The highest BCUT2D eigenvalue weighted by molar-refractivity contribution is 6.26. The summed E-state index contributed by atoms with van der Waals surface area (Å²) in [6.45, 7) is 0. The summed E-state index contributed by atoms with van der Waals surface area (Å²) in [4.78, 5) is 21.6. The number of nitrogen functional groups attached to an aromatic ring is 1. The second kappa shape index (κ2) is 5.87. The van der Waals surface area contributed by atoms with Gasteiger partial charge in [-0.1, -0.05) is 12.1 Å². The standard InChI is InChI=1S/C15H11ClN4O2/c16-20-14(21)12-3-1-2-9-8-10(4-5-11(9)12)22-13-6-7-18-15(17)19-13/h1-8H,(H,20,21)(H2,17,18,19). The zero-order chi connectivity index (χ0) is 15.5. The van der Waals surface area contributed by atoms with E-state index in [4.69, 9.17) is 22.2 Å². The first-order chi connectivity index (χ1) is 10.7. The van der Waals surface area contributed by atoms with Gasteiger partial charge in [-0.3, -0.25) is 9.63 Å². The van der Waals surface area contributed by atoms with Gasteiger partial charge in [0, 0.05) is 29.6 Å². The Bertz CT molecular complexity index is 854. The van der Waals surface area contributed by atoms with Crippen LogP contribution in [-0.2, 0) is 0 Å². The number of carbonyl (C=O) groups excluding carboxylic acids is 1. The number of nitrogens with zero attached hydrogens (tertiary/aromatic N) is 2. The highest BCUT2D eigenvalue weighted by Gasteiger charge is 2.09. The molecule has 110 valence electrons. The van der Waals surface area contributed by atoms with Crippen molar-refractivity contribution in [3.63, 3.8) is 0 Å². The van der Waals surface area contributed by atoms with Gasteiger partial charge >= 0.3 is 0 Å². The maximum absolute atomic E-state index is 11.7. The van der Waals surface area contributed by atoms with E-state index in [1.807, 2.05) is 6.07 Å². The van der Waals surface area contributed by atoms with Gasteiger partial charge in [-0.15, -0.1) is 0 Å². The molecule has 0 bridgehead atoms. The number of benzene rings is 2. The topological polar surface area (TPSA) is 90.1 Å². The molecule has 0 unspecified atom stereocenters. The van der Waals surface area contributed by atoms with E-state index in [1.54, 1.807) is 36.4 Å². The summed E-state index contributed by atoms with van der Waals surface area (Å²) in [6.07, 6.45) is 1.52. The van der Waals surface area contributed by atoms with Crippen LogP contribution in [0.4, 0.5) is 5.95 Å². The third kappa shape index (κ3) is 2.77. The van der Waals surface area contributed by atoms with Gasteiger partial charge in [0.2, 0.25) is 11.8 Å². The van der Waals surface area contributed by atoms with E-state index >= 15 is 0 Å². The lowest BCUT2D eigenvalue weighted by atomic mass is 10.0. The molecule has 22 heavy (non-hydrogen) atoms. The van der Waals surface area contributed by atoms with Crippen molar-refractivity contribution in [1.29, 1.82) is 0 Å². The molecule has 0 spiro atoms. The fraction of sp³-hybridized carbons (Fsp3) is 0. The minimum absolute atomic E-state index is 0.138. The monoisotopic (exact) mass is 314 g/mol. The van der Waals surface area contributed by atoms with E-state index < -0.39 is 0 Å². The SMILES string of the molecule is Nc1nccc(Oc2ccc3c(C(=O)NCl)cccc3c2)n1. The number of carbonyl (C=O) groups is 1. The van der Waals surface area contributed by atoms with Crippen LogP contribution in [0.5, 0.6) is 11.6 Å². The second-order valence-electron chi connectivity index (χ2n) is 4.47. The van der Waals surface area contributed by atoms with Crippen LogP contribution < -0.4 is 15.3 Å². The molecule has 1 aromatic heterocycles. The summed E-state index contributed by atoms with van der Waals surface area (Å²) in [7, 11) is 0. The fourth-order valence-corrected chi connectivity index (χ4v) is 2.21. The summed E-state index contributed by atoms with van der Waals surface area (Å²) in [5.74, 6) is 0.708. The Morgan fingerprint density at radius 3 is 2.86 bits per heavy atom. The number of hydrogen-bond donors (Lipinski definition) is 2. The molecule has 0 radical (unpaired) electrons. The Hall–Kier alpha value is -2.86. The van der Waals surface area contributed by atoms with E-state index in [-0.39, 0.29) is 11.9 Å². The van der Waals surface area contributed by atoms with Gasteiger partial charge in [0.1, 0.15) is 5.75 Å². The van der Waals surface area contributed by atoms with Crippen LogP contribution in [0.3, 0.4) is 0 Å². The summed E-state index contributed by atoms with van der Waals surface area (Å²) < 4.78 is 5.64. The largest absolute Gasteiger partial charge is 0.439 e. The van der Waals surface area contributed by atoms with Gasteiger partial charge in [0.05, 0.1) is 0 Å². The number of ether oxygens (including phenoxy) is 1. The molecule has 3 aromatic rings. The van der Waals surface area contributed by atoms with Crippen molar-refractivity contribution in [3.8, 4) is 11.6 Å². The van der Waals surface area contributed by atoms with E-state index in [2.05, 4.69) is 14.8 Å². The number of aromatic nitrogens is 2. The van der Waals surface area contributed by atoms with Crippen LogP contribution in [0.25, 0.3) is 10.8 Å². The van der Waals surface area contributed by atoms with Gasteiger partial charge in [0.25, 0.3) is 5.91 Å². The molecule has 2 aromatic carbocycles. The first-order valence-corrected chi connectivity index (χ1v) is 6.75. The average Bonchev–Trinajstić information content (AvgIpc) is 2.53. The van der Waals surface area contributed by atoms with Crippen molar-refractivity contribution in [2.75, 3.05) is 5.73 Å². The Labute approximate surface area is 131 Å². The quantitative estimate of drug-likeness (QED) is 0.725. The number of nitrogens with two attached hydrogens (primary N) is 1. The lowest BCUT2D eigenvalue weighted by Gasteiger charge is -2.08. The van der Waals surface area contributed by atoms with Crippen LogP contribution in [0.1, 0.15) is 10.4 Å². The molecule has 0 saturated carbocycles. The highest BCUT2D eigenvalue weighted by atomic mass is 35.5. The van der Waals surface area contributed by atoms with Gasteiger partial charge in [-0.05, 0) is 35.0 Å². The Kier molecular flexibility index (Phi) is 3.76. The molecule has 0 atom stereocenters. The lowest BCUT2D eigenvalue weighted by molar-refractivity contribution is 0.0983. The fourth-order valence-electron chi connectivity index (χ4n) is 2.11. The normalized spacial score (nSPS) is 10.4. The van der Waals surface area contributed by atoms with Crippen molar-refractivity contribution in [1.82, 2.24) is 14.8 Å². The minimum Gasteiger partial charge on any atom is -0.439 e. The zero-order valence-corrected chi connectivity index (χ0v) is 12.0. The highest BCUT2D eigenvalue weighted by Crippen LogP contribution is 2.26. The van der Waals surface area contributed by atoms with Crippen molar-refractivity contribution < 1.29 is 9.53 Å². The molecule has 6 nitrogen and oxygen atoms in total. The first kappa shape index (κ1) is 14.1. The van der Waals surface area contributed by atoms with Crippen LogP contribution >= 0.6 is 11.8 Å². The van der Waals surface area contributed by atoms with Crippen molar-refractivity contribution in [3.05, 3.63) is 54.2 Å². The summed E-state index contributed by atoms with van der Waals surface area (Å²) in [5, 5.41) is 1.62. The Morgan fingerprint density at radius 2 is 2.09 bits per heavy atom. The maximum Gasteiger partial charge on any atom is 0.266 e. The predicted molar refractivity (Wildman–Crippen MR) is 83.8 cm³/mol. The van der Waals surface area contributed by atoms with Crippen molar-refractivity contribution in [2.24, 2.45) is 0 Å². The van der Waals surface area contributed by atoms with Crippen LogP contribution in [0.15, 0.2) is 48.7 Å². The molecule has 0 aliphatic carbocycles.